The molecule has 0 bridgehead atoms. The lowest BCUT2D eigenvalue weighted by molar-refractivity contribution is 0.414. The molecule has 0 aliphatic carbocycles. The van der Waals surface area contributed by atoms with E-state index in [1.807, 2.05) is 24.3 Å². The topological polar surface area (TPSA) is 81.2 Å². The zero-order valence-electron chi connectivity index (χ0n) is 13.8. The van der Waals surface area contributed by atoms with E-state index in [1.165, 1.54) is 11.3 Å². The van der Waals surface area contributed by atoms with Gasteiger partial charge in [0.05, 0.1) is 12.9 Å². The van der Waals surface area contributed by atoms with Crippen LogP contribution in [0.15, 0.2) is 48.5 Å². The fourth-order valence-electron chi connectivity index (χ4n) is 2.27. The molecule has 0 unspecified atom stereocenters. The van der Waals surface area contributed by atoms with Crippen LogP contribution >= 0.6 is 22.9 Å². The maximum Gasteiger partial charge on any atom is 0.238 e. The van der Waals surface area contributed by atoms with E-state index in [4.69, 9.17) is 16.3 Å². The molecule has 3 rings (SSSR count). The van der Waals surface area contributed by atoms with Crippen molar-refractivity contribution in [2.45, 2.75) is 12.2 Å². The predicted octanol–water partition coefficient (Wildman–Crippen LogP) is 3.73. The lowest BCUT2D eigenvalue weighted by Crippen LogP contribution is -2.15. The number of anilines is 1. The van der Waals surface area contributed by atoms with Gasteiger partial charge in [0.25, 0.3) is 0 Å². The Morgan fingerprint density at radius 1 is 1.12 bits per heavy atom. The molecule has 0 saturated carbocycles. The molecule has 26 heavy (non-hydrogen) atoms. The molecule has 2 aromatic carbocycles. The van der Waals surface area contributed by atoms with Gasteiger partial charge in [-0.1, -0.05) is 53.3 Å². The summed E-state index contributed by atoms with van der Waals surface area (Å²) in [4.78, 5) is 0. The third kappa shape index (κ3) is 4.94. The van der Waals surface area contributed by atoms with Crippen molar-refractivity contribution >= 4 is 38.1 Å². The number of nitrogens with zero attached hydrogens (tertiary/aromatic N) is 2. The number of benzene rings is 2. The van der Waals surface area contributed by atoms with Gasteiger partial charge in [-0.15, -0.1) is 10.2 Å². The Bertz CT molecular complexity index is 988. The molecule has 1 aromatic heterocycles. The van der Waals surface area contributed by atoms with Crippen LogP contribution in [0.25, 0.3) is 0 Å². The first-order valence-corrected chi connectivity index (χ1v) is 10.5. The number of sulfonamides is 1. The number of methoxy groups -OCH3 is 1. The smallest absolute Gasteiger partial charge is 0.238 e. The summed E-state index contributed by atoms with van der Waals surface area (Å²) in [5.41, 5.74) is 1.57. The van der Waals surface area contributed by atoms with Crippen molar-refractivity contribution in [1.82, 2.24) is 10.2 Å². The van der Waals surface area contributed by atoms with Gasteiger partial charge < -0.3 is 4.74 Å². The van der Waals surface area contributed by atoms with E-state index in [1.54, 1.807) is 31.4 Å². The normalized spacial score (nSPS) is 11.3. The molecule has 1 N–H and O–H groups in total. The summed E-state index contributed by atoms with van der Waals surface area (Å²) in [6.07, 6.45) is 0.563. The zero-order valence-corrected chi connectivity index (χ0v) is 16.2. The monoisotopic (exact) mass is 409 g/mol. The first-order valence-electron chi connectivity index (χ1n) is 7.64. The van der Waals surface area contributed by atoms with Gasteiger partial charge >= 0.3 is 0 Å². The molecular formula is C17H16ClN3O3S2. The summed E-state index contributed by atoms with van der Waals surface area (Å²) < 4.78 is 32.2. The Morgan fingerprint density at radius 3 is 2.54 bits per heavy atom. The van der Waals surface area contributed by atoms with Gasteiger partial charge in [-0.2, -0.15) is 0 Å². The number of hydrogen-bond acceptors (Lipinski definition) is 6. The average molecular weight is 410 g/mol. The molecule has 1 heterocycles. The summed E-state index contributed by atoms with van der Waals surface area (Å²) in [7, 11) is -2.01. The highest BCUT2D eigenvalue weighted by atomic mass is 35.5. The van der Waals surface area contributed by atoms with Crippen molar-refractivity contribution in [2.75, 3.05) is 11.8 Å². The molecule has 0 aliphatic rings. The standard InChI is InChI=1S/C17H16ClN3O3S2/c1-24-14-8-6-12(7-9-14)10-16-19-20-17(25-16)21-26(22,23)11-13-4-2-3-5-15(13)18/h2-9H,10-11H2,1H3,(H,20,21). The molecule has 0 radical (unpaired) electrons. The molecule has 0 spiro atoms. The molecule has 0 atom stereocenters. The maximum absolute atomic E-state index is 12.3. The SMILES string of the molecule is COc1ccc(Cc2nnc(NS(=O)(=O)Cc3ccccc3Cl)s2)cc1. The number of hydrogen-bond donors (Lipinski definition) is 1. The fraction of sp³-hybridized carbons (Fsp3) is 0.176. The first-order chi connectivity index (χ1) is 12.4. The van der Waals surface area contributed by atoms with Crippen LogP contribution in [0.1, 0.15) is 16.1 Å². The average Bonchev–Trinajstić information content (AvgIpc) is 3.03. The minimum Gasteiger partial charge on any atom is -0.497 e. The van der Waals surface area contributed by atoms with E-state index >= 15 is 0 Å². The number of ether oxygens (including phenoxy) is 1. The molecule has 9 heteroatoms. The van der Waals surface area contributed by atoms with Crippen molar-refractivity contribution < 1.29 is 13.2 Å². The van der Waals surface area contributed by atoms with Gasteiger partial charge in [0.1, 0.15) is 10.8 Å². The number of halogens is 1. The predicted molar refractivity (Wildman–Crippen MR) is 103 cm³/mol. The van der Waals surface area contributed by atoms with Crippen molar-refractivity contribution in [1.29, 1.82) is 0 Å². The Hall–Kier alpha value is -2.16. The highest BCUT2D eigenvalue weighted by Crippen LogP contribution is 2.23. The number of aromatic nitrogens is 2. The van der Waals surface area contributed by atoms with Crippen LogP contribution in [0.4, 0.5) is 5.13 Å². The van der Waals surface area contributed by atoms with E-state index < -0.39 is 10.0 Å². The first kappa shape index (κ1) is 18.6. The molecule has 6 nitrogen and oxygen atoms in total. The second kappa shape index (κ2) is 8.03. The van der Waals surface area contributed by atoms with Crippen LogP contribution in [0.5, 0.6) is 5.75 Å². The van der Waals surface area contributed by atoms with Gasteiger partial charge in [0.15, 0.2) is 0 Å². The Balaban J connectivity index is 1.66. The lowest BCUT2D eigenvalue weighted by atomic mass is 10.1. The molecule has 0 amide bonds. The van der Waals surface area contributed by atoms with E-state index in [9.17, 15) is 8.42 Å². The molecule has 0 saturated heterocycles. The number of rotatable bonds is 7. The van der Waals surface area contributed by atoms with Crippen molar-refractivity contribution in [2.24, 2.45) is 0 Å². The van der Waals surface area contributed by atoms with Gasteiger partial charge in [0, 0.05) is 11.4 Å². The zero-order chi connectivity index (χ0) is 18.6. The van der Waals surface area contributed by atoms with Gasteiger partial charge in [-0.3, -0.25) is 4.72 Å². The summed E-state index contributed by atoms with van der Waals surface area (Å²) in [6, 6.07) is 14.4. The van der Waals surface area contributed by atoms with Crippen molar-refractivity contribution in [3.8, 4) is 5.75 Å². The highest BCUT2D eigenvalue weighted by Gasteiger charge is 2.16. The summed E-state index contributed by atoms with van der Waals surface area (Å²) >= 11 is 7.23. The second-order valence-electron chi connectivity index (χ2n) is 5.48. The quantitative estimate of drug-likeness (QED) is 0.643. The third-order valence-corrected chi connectivity index (χ3v) is 6.06. The van der Waals surface area contributed by atoms with Crippen LogP contribution in [0, 0.1) is 0 Å². The maximum atomic E-state index is 12.3. The number of nitrogens with one attached hydrogen (secondary N) is 1. The largest absolute Gasteiger partial charge is 0.497 e. The molecule has 3 aromatic rings. The van der Waals surface area contributed by atoms with Crippen molar-refractivity contribution in [3.05, 3.63) is 69.7 Å². The van der Waals surface area contributed by atoms with E-state index in [0.717, 1.165) is 11.3 Å². The van der Waals surface area contributed by atoms with E-state index in [-0.39, 0.29) is 10.9 Å². The molecule has 136 valence electrons. The third-order valence-electron chi connectivity index (χ3n) is 3.53. The van der Waals surface area contributed by atoms with Crippen LogP contribution in [-0.4, -0.2) is 25.7 Å². The van der Waals surface area contributed by atoms with E-state index in [0.29, 0.717) is 22.0 Å². The lowest BCUT2D eigenvalue weighted by Gasteiger charge is -2.06. The van der Waals surface area contributed by atoms with Crippen LogP contribution in [-0.2, 0) is 22.2 Å². The van der Waals surface area contributed by atoms with Gasteiger partial charge in [-0.25, -0.2) is 8.42 Å². The molecular weight excluding hydrogens is 394 g/mol. The summed E-state index contributed by atoms with van der Waals surface area (Å²) in [5, 5.41) is 9.33. The summed E-state index contributed by atoms with van der Waals surface area (Å²) in [6.45, 7) is 0. The van der Waals surface area contributed by atoms with Gasteiger partial charge in [0.2, 0.25) is 15.2 Å². The molecule has 0 fully saturated rings. The Kier molecular flexibility index (Phi) is 5.75. The van der Waals surface area contributed by atoms with Crippen LogP contribution < -0.4 is 9.46 Å². The fourth-order valence-corrected chi connectivity index (χ4v) is 4.77. The minimum absolute atomic E-state index is 0.222. The second-order valence-corrected chi connectivity index (χ2v) is 8.67. The Labute approximate surface area is 160 Å². The minimum atomic E-state index is -3.62. The van der Waals surface area contributed by atoms with Gasteiger partial charge in [-0.05, 0) is 29.3 Å². The van der Waals surface area contributed by atoms with Crippen molar-refractivity contribution in [3.63, 3.8) is 0 Å². The van der Waals surface area contributed by atoms with E-state index in [2.05, 4.69) is 14.9 Å². The Morgan fingerprint density at radius 2 is 1.85 bits per heavy atom. The van der Waals surface area contributed by atoms with Crippen LogP contribution in [0.2, 0.25) is 5.02 Å². The highest BCUT2D eigenvalue weighted by molar-refractivity contribution is 7.92. The summed E-state index contributed by atoms with van der Waals surface area (Å²) in [5.74, 6) is 0.555. The molecule has 0 aliphatic heterocycles. The van der Waals surface area contributed by atoms with Crippen LogP contribution in [0.3, 0.4) is 0 Å².